The van der Waals surface area contributed by atoms with Crippen molar-refractivity contribution in [2.45, 2.75) is 20.4 Å². The SMILES string of the molecule is COc1c(C)cnc(CN(C)C(=O)c2ccccc2Nc2ccccc2)c1C. The number of anilines is 2. The van der Waals surface area contributed by atoms with Crippen LogP contribution in [-0.4, -0.2) is 29.9 Å². The largest absolute Gasteiger partial charge is 0.496 e. The van der Waals surface area contributed by atoms with Crippen molar-refractivity contribution in [3.05, 3.63) is 83.2 Å². The Kier molecular flexibility index (Phi) is 5.94. The topological polar surface area (TPSA) is 54.5 Å². The maximum Gasteiger partial charge on any atom is 0.256 e. The lowest BCUT2D eigenvalue weighted by Gasteiger charge is -2.21. The molecule has 5 heteroatoms. The molecule has 1 amide bonds. The van der Waals surface area contributed by atoms with Crippen LogP contribution >= 0.6 is 0 Å². The molecule has 0 aliphatic carbocycles. The minimum atomic E-state index is -0.0697. The van der Waals surface area contributed by atoms with E-state index in [2.05, 4.69) is 10.3 Å². The Labute approximate surface area is 166 Å². The van der Waals surface area contributed by atoms with Gasteiger partial charge in [-0.1, -0.05) is 30.3 Å². The van der Waals surface area contributed by atoms with Crippen LogP contribution in [0.4, 0.5) is 11.4 Å². The first kappa shape index (κ1) is 19.4. The summed E-state index contributed by atoms with van der Waals surface area (Å²) in [5, 5.41) is 3.33. The van der Waals surface area contributed by atoms with E-state index in [-0.39, 0.29) is 5.91 Å². The number of rotatable bonds is 6. The molecule has 144 valence electrons. The molecule has 1 heterocycles. The summed E-state index contributed by atoms with van der Waals surface area (Å²) in [5.41, 5.74) is 5.09. The Bertz CT molecular complexity index is 971. The third-order valence-corrected chi connectivity index (χ3v) is 4.69. The summed E-state index contributed by atoms with van der Waals surface area (Å²) in [6.45, 7) is 4.33. The molecule has 0 saturated heterocycles. The zero-order valence-electron chi connectivity index (χ0n) is 16.7. The monoisotopic (exact) mass is 375 g/mol. The van der Waals surface area contributed by atoms with Crippen LogP contribution in [0.25, 0.3) is 0 Å². The summed E-state index contributed by atoms with van der Waals surface area (Å²) < 4.78 is 5.48. The fourth-order valence-corrected chi connectivity index (χ4v) is 3.19. The highest BCUT2D eigenvalue weighted by molar-refractivity contribution is 6.00. The van der Waals surface area contributed by atoms with E-state index in [0.29, 0.717) is 12.1 Å². The number of amides is 1. The Balaban J connectivity index is 1.83. The van der Waals surface area contributed by atoms with E-state index in [1.807, 2.05) is 68.4 Å². The van der Waals surface area contributed by atoms with Crippen molar-refractivity contribution in [1.82, 2.24) is 9.88 Å². The van der Waals surface area contributed by atoms with E-state index in [1.165, 1.54) is 0 Å². The summed E-state index contributed by atoms with van der Waals surface area (Å²) in [5.74, 6) is 0.747. The number of carbonyl (C=O) groups excluding carboxylic acids is 1. The highest BCUT2D eigenvalue weighted by atomic mass is 16.5. The Morgan fingerprint density at radius 3 is 2.46 bits per heavy atom. The Morgan fingerprint density at radius 2 is 1.75 bits per heavy atom. The second kappa shape index (κ2) is 8.57. The molecule has 0 bridgehead atoms. The van der Waals surface area contributed by atoms with Crippen molar-refractivity contribution in [3.63, 3.8) is 0 Å². The number of ether oxygens (including phenoxy) is 1. The lowest BCUT2D eigenvalue weighted by Crippen LogP contribution is -2.27. The van der Waals surface area contributed by atoms with Gasteiger partial charge in [0.15, 0.2) is 0 Å². The number of para-hydroxylation sites is 2. The van der Waals surface area contributed by atoms with Crippen molar-refractivity contribution in [2.24, 2.45) is 0 Å². The number of nitrogens with one attached hydrogen (secondary N) is 1. The molecule has 1 aromatic heterocycles. The molecular formula is C23H25N3O2. The maximum absolute atomic E-state index is 13.1. The van der Waals surface area contributed by atoms with Gasteiger partial charge in [0, 0.05) is 30.1 Å². The van der Waals surface area contributed by atoms with Gasteiger partial charge in [-0.2, -0.15) is 0 Å². The average molecular weight is 375 g/mol. The lowest BCUT2D eigenvalue weighted by molar-refractivity contribution is 0.0784. The minimum absolute atomic E-state index is 0.0697. The quantitative estimate of drug-likeness (QED) is 0.677. The number of hydrogen-bond acceptors (Lipinski definition) is 4. The number of hydrogen-bond donors (Lipinski definition) is 1. The molecule has 3 rings (SSSR count). The molecule has 0 saturated carbocycles. The molecule has 0 radical (unpaired) electrons. The molecule has 3 aromatic rings. The van der Waals surface area contributed by atoms with Crippen LogP contribution < -0.4 is 10.1 Å². The number of pyridine rings is 1. The fourth-order valence-electron chi connectivity index (χ4n) is 3.19. The molecule has 2 aromatic carbocycles. The summed E-state index contributed by atoms with van der Waals surface area (Å²) in [4.78, 5) is 19.3. The second-order valence-corrected chi connectivity index (χ2v) is 6.74. The first-order chi connectivity index (χ1) is 13.5. The van der Waals surface area contributed by atoms with Crippen molar-refractivity contribution < 1.29 is 9.53 Å². The van der Waals surface area contributed by atoms with Gasteiger partial charge < -0.3 is 15.0 Å². The molecular weight excluding hydrogens is 350 g/mol. The predicted octanol–water partition coefficient (Wildman–Crippen LogP) is 4.72. The summed E-state index contributed by atoms with van der Waals surface area (Å²) >= 11 is 0. The van der Waals surface area contributed by atoms with Crippen LogP contribution in [0.15, 0.2) is 60.8 Å². The Morgan fingerprint density at radius 1 is 1.07 bits per heavy atom. The van der Waals surface area contributed by atoms with E-state index in [1.54, 1.807) is 25.3 Å². The van der Waals surface area contributed by atoms with Crippen molar-refractivity contribution in [2.75, 3.05) is 19.5 Å². The molecule has 0 aliphatic heterocycles. The van der Waals surface area contributed by atoms with Gasteiger partial charge in [-0.05, 0) is 38.1 Å². The van der Waals surface area contributed by atoms with Crippen LogP contribution in [0.5, 0.6) is 5.75 Å². The molecule has 1 N–H and O–H groups in total. The van der Waals surface area contributed by atoms with Crippen LogP contribution in [0, 0.1) is 13.8 Å². The van der Waals surface area contributed by atoms with Crippen LogP contribution in [-0.2, 0) is 6.54 Å². The summed E-state index contributed by atoms with van der Waals surface area (Å²) in [6.07, 6.45) is 1.78. The van der Waals surface area contributed by atoms with E-state index >= 15 is 0 Å². The molecule has 28 heavy (non-hydrogen) atoms. The highest BCUT2D eigenvalue weighted by Crippen LogP contribution is 2.26. The second-order valence-electron chi connectivity index (χ2n) is 6.74. The zero-order chi connectivity index (χ0) is 20.1. The van der Waals surface area contributed by atoms with Gasteiger partial charge in [0.2, 0.25) is 0 Å². The standard InChI is InChI=1S/C23H25N3O2/c1-16-14-24-21(17(2)22(16)28-4)15-26(3)23(27)19-12-8-9-13-20(19)25-18-10-6-5-7-11-18/h5-14,25H,15H2,1-4H3. The van der Waals surface area contributed by atoms with Gasteiger partial charge >= 0.3 is 0 Å². The lowest BCUT2D eigenvalue weighted by atomic mass is 10.1. The normalized spacial score (nSPS) is 10.4. The first-order valence-corrected chi connectivity index (χ1v) is 9.17. The Hall–Kier alpha value is -3.34. The predicted molar refractivity (Wildman–Crippen MR) is 112 cm³/mol. The summed E-state index contributed by atoms with van der Waals surface area (Å²) in [7, 11) is 3.44. The molecule has 5 nitrogen and oxygen atoms in total. The number of nitrogens with zero attached hydrogens (tertiary/aromatic N) is 2. The maximum atomic E-state index is 13.1. The zero-order valence-corrected chi connectivity index (χ0v) is 16.7. The van der Waals surface area contributed by atoms with E-state index in [4.69, 9.17) is 4.74 Å². The number of aryl methyl sites for hydroxylation is 1. The average Bonchev–Trinajstić information content (AvgIpc) is 2.71. The third kappa shape index (κ3) is 4.14. The molecule has 0 atom stereocenters. The van der Waals surface area contributed by atoms with Gasteiger partial charge in [-0.15, -0.1) is 0 Å². The van der Waals surface area contributed by atoms with E-state index < -0.39 is 0 Å². The molecule has 0 fully saturated rings. The van der Waals surface area contributed by atoms with Crippen LogP contribution in [0.1, 0.15) is 27.2 Å². The number of aromatic nitrogens is 1. The van der Waals surface area contributed by atoms with Crippen molar-refractivity contribution >= 4 is 17.3 Å². The summed E-state index contributed by atoms with van der Waals surface area (Å²) in [6, 6.07) is 17.3. The van der Waals surface area contributed by atoms with Crippen LogP contribution in [0.3, 0.4) is 0 Å². The molecule has 0 spiro atoms. The van der Waals surface area contributed by atoms with Gasteiger partial charge in [0.05, 0.1) is 30.6 Å². The van der Waals surface area contributed by atoms with E-state index in [9.17, 15) is 4.79 Å². The minimum Gasteiger partial charge on any atom is -0.496 e. The molecule has 0 aliphatic rings. The first-order valence-electron chi connectivity index (χ1n) is 9.17. The van der Waals surface area contributed by atoms with Crippen molar-refractivity contribution in [1.29, 1.82) is 0 Å². The van der Waals surface area contributed by atoms with Crippen molar-refractivity contribution in [3.8, 4) is 5.75 Å². The third-order valence-electron chi connectivity index (χ3n) is 4.69. The van der Waals surface area contributed by atoms with Crippen LogP contribution in [0.2, 0.25) is 0 Å². The van der Waals surface area contributed by atoms with Gasteiger partial charge in [-0.25, -0.2) is 0 Å². The number of carbonyl (C=O) groups is 1. The van der Waals surface area contributed by atoms with Gasteiger partial charge in [0.25, 0.3) is 5.91 Å². The van der Waals surface area contributed by atoms with E-state index in [0.717, 1.165) is 33.9 Å². The van der Waals surface area contributed by atoms with Gasteiger partial charge in [0.1, 0.15) is 5.75 Å². The highest BCUT2D eigenvalue weighted by Gasteiger charge is 2.18. The van der Waals surface area contributed by atoms with Gasteiger partial charge in [-0.3, -0.25) is 9.78 Å². The number of benzene rings is 2. The fraction of sp³-hybridized carbons (Fsp3) is 0.217. The molecule has 0 unspecified atom stereocenters. The smallest absolute Gasteiger partial charge is 0.256 e. The number of methoxy groups -OCH3 is 1.